The van der Waals surface area contributed by atoms with Crippen molar-refractivity contribution in [3.63, 3.8) is 0 Å². The van der Waals surface area contributed by atoms with E-state index in [1.54, 1.807) is 6.26 Å². The van der Waals surface area contributed by atoms with E-state index in [9.17, 15) is 0 Å². The van der Waals surface area contributed by atoms with Gasteiger partial charge in [-0.05, 0) is 26.2 Å². The maximum Gasteiger partial charge on any atom is 0.136 e. The molecular formula is C15H21N5O. The minimum atomic E-state index is 0.528. The molecule has 2 aromatic rings. The third-order valence-corrected chi connectivity index (χ3v) is 3.58. The molecule has 112 valence electrons. The molecule has 0 aromatic carbocycles. The molecule has 2 heterocycles. The highest BCUT2D eigenvalue weighted by Gasteiger charge is 2.28. The second-order valence-corrected chi connectivity index (χ2v) is 5.45. The van der Waals surface area contributed by atoms with Gasteiger partial charge in [-0.1, -0.05) is 12.1 Å². The van der Waals surface area contributed by atoms with Crippen molar-refractivity contribution >= 4 is 11.6 Å². The van der Waals surface area contributed by atoms with Gasteiger partial charge in [-0.25, -0.2) is 9.97 Å². The number of hydrogen-bond donors (Lipinski definition) is 2. The first-order valence-electron chi connectivity index (χ1n) is 7.53. The molecule has 2 N–H and O–H groups in total. The Kier molecular flexibility index (Phi) is 4.03. The molecule has 0 unspecified atom stereocenters. The Morgan fingerprint density at radius 1 is 1.24 bits per heavy atom. The number of hydrogen-bond acceptors (Lipinski definition) is 6. The van der Waals surface area contributed by atoms with Crippen LogP contribution in [-0.4, -0.2) is 21.7 Å². The minimum Gasteiger partial charge on any atom is -0.370 e. The minimum absolute atomic E-state index is 0.528. The Hall–Kier alpha value is -2.11. The monoisotopic (exact) mass is 287 g/mol. The molecular weight excluding hydrogens is 266 g/mol. The first-order valence-corrected chi connectivity index (χ1v) is 7.53. The standard InChI is InChI=1S/C15H21N5O/c1-3-7-16-13-10(2)14(17-9-12-6-8-21-20-12)19-15(18-13)11-4-5-11/h6,8,11H,3-5,7,9H2,1-2H3,(H2,16,17,18,19). The summed E-state index contributed by atoms with van der Waals surface area (Å²) in [7, 11) is 0. The molecule has 21 heavy (non-hydrogen) atoms. The maximum atomic E-state index is 4.85. The largest absolute Gasteiger partial charge is 0.370 e. The Labute approximate surface area is 124 Å². The number of nitrogens with one attached hydrogen (secondary N) is 2. The van der Waals surface area contributed by atoms with E-state index in [1.165, 1.54) is 12.8 Å². The van der Waals surface area contributed by atoms with Gasteiger partial charge in [0.15, 0.2) is 0 Å². The average Bonchev–Trinajstić information content (AvgIpc) is 3.21. The van der Waals surface area contributed by atoms with Crippen molar-refractivity contribution < 1.29 is 4.52 Å². The van der Waals surface area contributed by atoms with Crippen LogP contribution in [0.5, 0.6) is 0 Å². The highest BCUT2D eigenvalue weighted by atomic mass is 16.5. The molecule has 0 aliphatic heterocycles. The van der Waals surface area contributed by atoms with E-state index in [0.29, 0.717) is 12.5 Å². The van der Waals surface area contributed by atoms with Gasteiger partial charge in [-0.3, -0.25) is 0 Å². The number of anilines is 2. The lowest BCUT2D eigenvalue weighted by molar-refractivity contribution is 0.412. The van der Waals surface area contributed by atoms with E-state index in [0.717, 1.165) is 41.7 Å². The van der Waals surface area contributed by atoms with Crippen molar-refractivity contribution in [3.05, 3.63) is 29.4 Å². The van der Waals surface area contributed by atoms with E-state index in [2.05, 4.69) is 32.7 Å². The smallest absolute Gasteiger partial charge is 0.136 e. The zero-order valence-corrected chi connectivity index (χ0v) is 12.5. The topological polar surface area (TPSA) is 75.9 Å². The summed E-state index contributed by atoms with van der Waals surface area (Å²) in [6.45, 7) is 5.71. The van der Waals surface area contributed by atoms with Crippen molar-refractivity contribution in [2.45, 2.75) is 45.6 Å². The summed E-state index contributed by atoms with van der Waals surface area (Å²) in [6.07, 6.45) is 5.04. The van der Waals surface area contributed by atoms with Gasteiger partial charge >= 0.3 is 0 Å². The van der Waals surface area contributed by atoms with Crippen LogP contribution in [-0.2, 0) is 6.54 Å². The molecule has 0 radical (unpaired) electrons. The Bertz CT molecular complexity index is 592. The maximum absolute atomic E-state index is 4.85. The quantitative estimate of drug-likeness (QED) is 0.815. The van der Waals surface area contributed by atoms with Gasteiger partial charge in [0.25, 0.3) is 0 Å². The molecule has 0 amide bonds. The fourth-order valence-electron chi connectivity index (χ4n) is 2.15. The molecule has 1 aliphatic carbocycles. The average molecular weight is 287 g/mol. The molecule has 3 rings (SSSR count). The molecule has 2 aromatic heterocycles. The van der Waals surface area contributed by atoms with E-state index in [-0.39, 0.29) is 0 Å². The second kappa shape index (κ2) is 6.11. The van der Waals surface area contributed by atoms with E-state index in [4.69, 9.17) is 4.52 Å². The summed E-state index contributed by atoms with van der Waals surface area (Å²) < 4.78 is 4.85. The molecule has 1 saturated carbocycles. The van der Waals surface area contributed by atoms with Crippen LogP contribution < -0.4 is 10.6 Å². The van der Waals surface area contributed by atoms with Gasteiger partial charge in [0.2, 0.25) is 0 Å². The summed E-state index contributed by atoms with van der Waals surface area (Å²) in [5.74, 6) is 3.30. The molecule has 1 aliphatic rings. The molecule has 1 fully saturated rings. The lowest BCUT2D eigenvalue weighted by Crippen LogP contribution is -2.11. The summed E-state index contributed by atoms with van der Waals surface area (Å²) in [5, 5.41) is 10.6. The first-order chi connectivity index (χ1) is 10.3. The van der Waals surface area contributed by atoms with Gasteiger partial charge in [0.05, 0.1) is 6.54 Å². The fraction of sp³-hybridized carbons (Fsp3) is 0.533. The fourth-order valence-corrected chi connectivity index (χ4v) is 2.15. The zero-order valence-electron chi connectivity index (χ0n) is 12.5. The Morgan fingerprint density at radius 3 is 2.62 bits per heavy atom. The molecule has 0 atom stereocenters. The van der Waals surface area contributed by atoms with Crippen molar-refractivity contribution in [2.75, 3.05) is 17.2 Å². The summed E-state index contributed by atoms with van der Waals surface area (Å²) in [6, 6.07) is 1.85. The number of aromatic nitrogens is 3. The predicted molar refractivity (Wildman–Crippen MR) is 81.4 cm³/mol. The SMILES string of the molecule is CCCNc1nc(C2CC2)nc(NCc2ccon2)c1C. The first kappa shape index (κ1) is 13.9. The van der Waals surface area contributed by atoms with Crippen LogP contribution in [0.3, 0.4) is 0 Å². The normalized spacial score (nSPS) is 14.2. The van der Waals surface area contributed by atoms with E-state index < -0.39 is 0 Å². The van der Waals surface area contributed by atoms with Crippen LogP contribution in [0.15, 0.2) is 16.9 Å². The van der Waals surface area contributed by atoms with Gasteiger partial charge in [-0.2, -0.15) is 0 Å². The second-order valence-electron chi connectivity index (χ2n) is 5.45. The lowest BCUT2D eigenvalue weighted by atomic mass is 10.2. The third kappa shape index (κ3) is 3.32. The van der Waals surface area contributed by atoms with E-state index in [1.807, 2.05) is 13.0 Å². The highest BCUT2D eigenvalue weighted by molar-refractivity contribution is 5.57. The molecule has 6 nitrogen and oxygen atoms in total. The number of rotatable bonds is 7. The van der Waals surface area contributed by atoms with Crippen molar-refractivity contribution in [1.29, 1.82) is 0 Å². The number of nitrogens with zero attached hydrogens (tertiary/aromatic N) is 3. The van der Waals surface area contributed by atoms with Crippen LogP contribution in [0.25, 0.3) is 0 Å². The van der Waals surface area contributed by atoms with Crippen molar-refractivity contribution in [1.82, 2.24) is 15.1 Å². The molecule has 0 saturated heterocycles. The molecule has 0 spiro atoms. The highest BCUT2D eigenvalue weighted by Crippen LogP contribution is 2.39. The summed E-state index contributed by atoms with van der Waals surface area (Å²) in [4.78, 5) is 9.36. The Balaban J connectivity index is 1.80. The van der Waals surface area contributed by atoms with Gasteiger partial charge in [0.1, 0.15) is 29.4 Å². The predicted octanol–water partition coefficient (Wildman–Crippen LogP) is 3.08. The van der Waals surface area contributed by atoms with E-state index >= 15 is 0 Å². The van der Waals surface area contributed by atoms with Crippen molar-refractivity contribution in [3.8, 4) is 0 Å². The van der Waals surface area contributed by atoms with Crippen molar-refractivity contribution in [2.24, 2.45) is 0 Å². The summed E-state index contributed by atoms with van der Waals surface area (Å²) >= 11 is 0. The summed E-state index contributed by atoms with van der Waals surface area (Å²) in [5.41, 5.74) is 1.92. The molecule has 0 bridgehead atoms. The molecule has 6 heteroatoms. The van der Waals surface area contributed by atoms with Crippen LogP contribution in [0.2, 0.25) is 0 Å². The van der Waals surface area contributed by atoms with Crippen LogP contribution in [0.1, 0.15) is 49.2 Å². The lowest BCUT2D eigenvalue weighted by Gasteiger charge is -2.14. The third-order valence-electron chi connectivity index (χ3n) is 3.58. The van der Waals surface area contributed by atoms with Crippen LogP contribution in [0, 0.1) is 6.92 Å². The van der Waals surface area contributed by atoms with Gasteiger partial charge < -0.3 is 15.2 Å². The van der Waals surface area contributed by atoms with Crippen LogP contribution in [0.4, 0.5) is 11.6 Å². The zero-order chi connectivity index (χ0) is 14.7. The Morgan fingerprint density at radius 2 is 2.00 bits per heavy atom. The van der Waals surface area contributed by atoms with Gasteiger partial charge in [0, 0.05) is 24.1 Å². The van der Waals surface area contributed by atoms with Gasteiger partial charge in [-0.15, -0.1) is 0 Å². The van der Waals surface area contributed by atoms with Crippen LogP contribution >= 0.6 is 0 Å².